The minimum atomic E-state index is -0.314. The molecular weight excluding hydrogens is 314 g/mol. The van der Waals surface area contributed by atoms with Crippen LogP contribution in [0.15, 0.2) is 66.4 Å². The van der Waals surface area contributed by atoms with Crippen LogP contribution in [0.2, 0.25) is 0 Å². The van der Waals surface area contributed by atoms with Crippen molar-refractivity contribution in [3.63, 3.8) is 0 Å². The number of amides is 2. The molecule has 0 saturated carbocycles. The first kappa shape index (κ1) is 18.4. The van der Waals surface area contributed by atoms with Gasteiger partial charge in [-0.2, -0.15) is 0 Å². The lowest BCUT2D eigenvalue weighted by Gasteiger charge is -2.13. The van der Waals surface area contributed by atoms with Crippen molar-refractivity contribution in [2.75, 3.05) is 27.2 Å². The Morgan fingerprint density at radius 2 is 1.56 bits per heavy atom. The fraction of sp³-hybridized carbons (Fsp3) is 0.200. The summed E-state index contributed by atoms with van der Waals surface area (Å²) in [6, 6.07) is 18.2. The van der Waals surface area contributed by atoms with Gasteiger partial charge in [-0.1, -0.05) is 48.5 Å². The Bertz CT molecular complexity index is 725. The van der Waals surface area contributed by atoms with E-state index in [1.807, 2.05) is 55.4 Å². The average Bonchev–Trinajstić information content (AvgIpc) is 2.62. The number of likely N-dealkylation sites (N-methyl/N-ethyl adjacent to an activating group) is 1. The van der Waals surface area contributed by atoms with Crippen molar-refractivity contribution in [2.45, 2.75) is 0 Å². The Morgan fingerprint density at radius 1 is 0.960 bits per heavy atom. The van der Waals surface area contributed by atoms with E-state index in [0.717, 1.165) is 12.1 Å². The predicted octanol–water partition coefficient (Wildman–Crippen LogP) is 2.14. The molecule has 0 spiro atoms. The maximum absolute atomic E-state index is 12.5. The number of carbonyl (C=O) groups excluding carboxylic acids is 2. The number of hydrogen-bond donors (Lipinski definition) is 2. The Balaban J connectivity index is 2.16. The molecule has 5 heteroatoms. The number of rotatable bonds is 7. The van der Waals surface area contributed by atoms with E-state index < -0.39 is 0 Å². The summed E-state index contributed by atoms with van der Waals surface area (Å²) in [5.74, 6) is -0.625. The molecular formula is C20H23N3O2. The van der Waals surface area contributed by atoms with Gasteiger partial charge in [-0.3, -0.25) is 9.59 Å². The summed E-state index contributed by atoms with van der Waals surface area (Å²) in [7, 11) is 3.87. The zero-order valence-corrected chi connectivity index (χ0v) is 14.5. The van der Waals surface area contributed by atoms with Gasteiger partial charge in [0.1, 0.15) is 5.70 Å². The fourth-order valence-electron chi connectivity index (χ4n) is 2.15. The Hall–Kier alpha value is -2.92. The summed E-state index contributed by atoms with van der Waals surface area (Å²) in [5.41, 5.74) is 1.56. The van der Waals surface area contributed by atoms with Gasteiger partial charge in [-0.05, 0) is 37.9 Å². The van der Waals surface area contributed by atoms with Crippen molar-refractivity contribution in [2.24, 2.45) is 0 Å². The summed E-state index contributed by atoms with van der Waals surface area (Å²) in [4.78, 5) is 26.9. The topological polar surface area (TPSA) is 61.4 Å². The lowest BCUT2D eigenvalue weighted by atomic mass is 10.1. The van der Waals surface area contributed by atoms with Crippen molar-refractivity contribution >= 4 is 17.9 Å². The molecule has 2 aromatic carbocycles. The van der Waals surface area contributed by atoms with E-state index in [2.05, 4.69) is 10.6 Å². The van der Waals surface area contributed by atoms with E-state index in [4.69, 9.17) is 0 Å². The zero-order chi connectivity index (χ0) is 18.1. The van der Waals surface area contributed by atoms with Crippen LogP contribution in [0, 0.1) is 0 Å². The summed E-state index contributed by atoms with van der Waals surface area (Å²) in [5, 5.41) is 5.54. The number of nitrogens with one attached hydrogen (secondary N) is 2. The molecule has 5 nitrogen and oxygen atoms in total. The van der Waals surface area contributed by atoms with E-state index in [0.29, 0.717) is 12.1 Å². The van der Waals surface area contributed by atoms with E-state index in [9.17, 15) is 9.59 Å². The average molecular weight is 337 g/mol. The third-order valence-electron chi connectivity index (χ3n) is 3.48. The third kappa shape index (κ3) is 6.24. The molecule has 130 valence electrons. The molecule has 0 unspecified atom stereocenters. The normalized spacial score (nSPS) is 11.2. The van der Waals surface area contributed by atoms with Crippen molar-refractivity contribution in [1.82, 2.24) is 15.5 Å². The van der Waals surface area contributed by atoms with E-state index in [1.54, 1.807) is 30.3 Å². The lowest BCUT2D eigenvalue weighted by Crippen LogP contribution is -2.37. The minimum absolute atomic E-state index is 0.221. The predicted molar refractivity (Wildman–Crippen MR) is 99.9 cm³/mol. The molecule has 0 aliphatic heterocycles. The number of carbonyl (C=O) groups is 2. The van der Waals surface area contributed by atoms with Gasteiger partial charge in [0, 0.05) is 18.7 Å². The molecule has 0 aliphatic carbocycles. The Morgan fingerprint density at radius 3 is 2.16 bits per heavy atom. The molecule has 0 aliphatic rings. The smallest absolute Gasteiger partial charge is 0.267 e. The van der Waals surface area contributed by atoms with Gasteiger partial charge < -0.3 is 15.5 Å². The number of hydrogen-bond acceptors (Lipinski definition) is 3. The molecule has 0 fully saturated rings. The van der Waals surface area contributed by atoms with Gasteiger partial charge in [-0.25, -0.2) is 0 Å². The van der Waals surface area contributed by atoms with Crippen LogP contribution in [0.1, 0.15) is 15.9 Å². The van der Waals surface area contributed by atoms with Crippen molar-refractivity contribution in [3.8, 4) is 0 Å². The second-order valence-electron chi connectivity index (χ2n) is 5.85. The number of nitrogens with zero attached hydrogens (tertiary/aromatic N) is 1. The second-order valence-corrected chi connectivity index (χ2v) is 5.85. The molecule has 0 saturated heterocycles. The maximum atomic E-state index is 12.5. The highest BCUT2D eigenvalue weighted by Gasteiger charge is 2.14. The molecule has 2 aromatic rings. The van der Waals surface area contributed by atoms with Crippen LogP contribution in [0.3, 0.4) is 0 Å². The quantitative estimate of drug-likeness (QED) is 0.761. The van der Waals surface area contributed by atoms with E-state index in [-0.39, 0.29) is 17.5 Å². The molecule has 0 aromatic heterocycles. The van der Waals surface area contributed by atoms with Crippen molar-refractivity contribution < 1.29 is 9.59 Å². The maximum Gasteiger partial charge on any atom is 0.267 e. The SMILES string of the molecule is CN(C)CCNC(=O)C(=Cc1ccccc1)NC(=O)c1ccccc1. The first-order valence-corrected chi connectivity index (χ1v) is 8.12. The molecule has 0 radical (unpaired) electrons. The molecule has 0 bridgehead atoms. The van der Waals surface area contributed by atoms with Gasteiger partial charge in [-0.15, -0.1) is 0 Å². The van der Waals surface area contributed by atoms with Crippen LogP contribution >= 0.6 is 0 Å². The standard InChI is InChI=1S/C20H23N3O2/c1-23(2)14-13-21-20(25)18(15-16-9-5-3-6-10-16)22-19(24)17-11-7-4-8-12-17/h3-12,15H,13-14H2,1-2H3,(H,21,25)(H,22,24). The van der Waals surface area contributed by atoms with Crippen LogP contribution < -0.4 is 10.6 Å². The fourth-order valence-corrected chi connectivity index (χ4v) is 2.15. The van der Waals surface area contributed by atoms with Crippen LogP contribution in [0.4, 0.5) is 0 Å². The van der Waals surface area contributed by atoms with Gasteiger partial charge >= 0.3 is 0 Å². The lowest BCUT2D eigenvalue weighted by molar-refractivity contribution is -0.117. The minimum Gasteiger partial charge on any atom is -0.349 e. The monoisotopic (exact) mass is 337 g/mol. The molecule has 2 amide bonds. The van der Waals surface area contributed by atoms with Gasteiger partial charge in [0.05, 0.1) is 0 Å². The zero-order valence-electron chi connectivity index (χ0n) is 14.5. The molecule has 0 heterocycles. The van der Waals surface area contributed by atoms with Gasteiger partial charge in [0.2, 0.25) is 0 Å². The Kier molecular flexibility index (Phi) is 6.92. The molecule has 2 rings (SSSR count). The molecule has 25 heavy (non-hydrogen) atoms. The van der Waals surface area contributed by atoms with Crippen LogP contribution in [-0.4, -0.2) is 43.9 Å². The molecule has 0 atom stereocenters. The highest BCUT2D eigenvalue weighted by Crippen LogP contribution is 2.07. The van der Waals surface area contributed by atoms with Crippen molar-refractivity contribution in [1.29, 1.82) is 0 Å². The van der Waals surface area contributed by atoms with Crippen LogP contribution in [-0.2, 0) is 4.79 Å². The summed E-state index contributed by atoms with van der Waals surface area (Å²) in [6.45, 7) is 1.22. The highest BCUT2D eigenvalue weighted by atomic mass is 16.2. The summed E-state index contributed by atoms with van der Waals surface area (Å²) < 4.78 is 0. The van der Waals surface area contributed by atoms with Gasteiger partial charge in [0.15, 0.2) is 0 Å². The summed E-state index contributed by atoms with van der Waals surface area (Å²) >= 11 is 0. The highest BCUT2D eigenvalue weighted by molar-refractivity contribution is 6.05. The van der Waals surface area contributed by atoms with Gasteiger partial charge in [0.25, 0.3) is 11.8 Å². The molecule has 2 N–H and O–H groups in total. The van der Waals surface area contributed by atoms with Crippen LogP contribution in [0.5, 0.6) is 0 Å². The van der Waals surface area contributed by atoms with Crippen molar-refractivity contribution in [3.05, 3.63) is 77.5 Å². The third-order valence-corrected chi connectivity index (χ3v) is 3.48. The first-order chi connectivity index (χ1) is 12.1. The van der Waals surface area contributed by atoms with Crippen LogP contribution in [0.25, 0.3) is 6.08 Å². The largest absolute Gasteiger partial charge is 0.349 e. The Labute approximate surface area is 148 Å². The number of benzene rings is 2. The second kappa shape index (κ2) is 9.39. The van der Waals surface area contributed by atoms with E-state index in [1.165, 1.54) is 0 Å². The first-order valence-electron chi connectivity index (χ1n) is 8.12. The summed E-state index contributed by atoms with van der Waals surface area (Å²) in [6.07, 6.45) is 1.67. The van der Waals surface area contributed by atoms with E-state index >= 15 is 0 Å².